The van der Waals surface area contributed by atoms with Crippen molar-refractivity contribution < 1.29 is 23.5 Å². The Balaban J connectivity index is 1.99. The third-order valence-corrected chi connectivity index (χ3v) is 4.25. The summed E-state index contributed by atoms with van der Waals surface area (Å²) < 4.78 is 10.3. The summed E-state index contributed by atoms with van der Waals surface area (Å²) in [5, 5.41) is 5.34. The fourth-order valence-corrected chi connectivity index (χ4v) is 2.61. The number of hydrogen-bond donors (Lipinski definition) is 2. The first-order valence-electron chi connectivity index (χ1n) is 9.12. The third kappa shape index (κ3) is 5.45. The Morgan fingerprint density at radius 1 is 1.07 bits per heavy atom. The van der Waals surface area contributed by atoms with Crippen LogP contribution in [0, 0.1) is 19.8 Å². The topological polar surface area (TPSA) is 97.6 Å². The molecule has 0 spiro atoms. The minimum atomic E-state index is -1.02. The summed E-state index contributed by atoms with van der Waals surface area (Å²) in [6.45, 7) is 8.89. The van der Waals surface area contributed by atoms with Crippen LogP contribution < -0.4 is 10.6 Å². The molecule has 7 heteroatoms. The number of carbonyl (C=O) groups excluding carboxylic acids is 3. The van der Waals surface area contributed by atoms with Crippen molar-refractivity contribution in [2.75, 3.05) is 5.32 Å². The number of hydrogen-bond acceptors (Lipinski definition) is 5. The van der Waals surface area contributed by atoms with Crippen LogP contribution in [0.2, 0.25) is 0 Å². The Morgan fingerprint density at radius 3 is 2.36 bits per heavy atom. The second kappa shape index (κ2) is 9.21. The molecule has 1 aromatic carbocycles. The highest BCUT2D eigenvalue weighted by Gasteiger charge is 2.30. The molecule has 0 saturated heterocycles. The van der Waals surface area contributed by atoms with Gasteiger partial charge in [0.2, 0.25) is 0 Å². The van der Waals surface area contributed by atoms with E-state index in [2.05, 4.69) is 10.6 Å². The second-order valence-electron chi connectivity index (χ2n) is 7.06. The van der Waals surface area contributed by atoms with Gasteiger partial charge in [0.25, 0.3) is 11.8 Å². The molecule has 28 heavy (non-hydrogen) atoms. The monoisotopic (exact) mass is 386 g/mol. The number of benzene rings is 1. The molecule has 0 aliphatic heterocycles. The molecule has 2 amide bonds. The quantitative estimate of drug-likeness (QED) is 0.712. The Hall–Kier alpha value is -3.09. The van der Waals surface area contributed by atoms with E-state index >= 15 is 0 Å². The smallest absolute Gasteiger partial charge is 0.329 e. The van der Waals surface area contributed by atoms with Crippen LogP contribution in [0.5, 0.6) is 0 Å². The Bertz CT molecular complexity index is 842. The molecule has 0 aliphatic rings. The van der Waals surface area contributed by atoms with Gasteiger partial charge in [0.15, 0.2) is 11.9 Å². The van der Waals surface area contributed by atoms with Gasteiger partial charge in [-0.15, -0.1) is 0 Å². The number of rotatable bonds is 7. The highest BCUT2D eigenvalue weighted by Crippen LogP contribution is 2.17. The van der Waals surface area contributed by atoms with E-state index in [1.165, 1.54) is 19.3 Å². The van der Waals surface area contributed by atoms with E-state index in [9.17, 15) is 14.4 Å². The standard InChI is InChI=1S/C21H26N2O5/c1-12(2)18(23-20(25)17-7-6-10-27-17)21(26)28-15(5)19(24)22-16-9-8-13(3)11-14(16)4/h6-12,15,18H,1-5H3,(H,22,24)(H,23,25)/t15-,18+/m1/s1. The zero-order valence-corrected chi connectivity index (χ0v) is 16.7. The van der Waals surface area contributed by atoms with E-state index in [0.29, 0.717) is 5.69 Å². The Morgan fingerprint density at radius 2 is 1.79 bits per heavy atom. The van der Waals surface area contributed by atoms with Gasteiger partial charge in [0.1, 0.15) is 6.04 Å². The normalized spacial score (nSPS) is 12.9. The number of furan rings is 1. The summed E-state index contributed by atoms with van der Waals surface area (Å²) in [6, 6.07) is 7.81. The van der Waals surface area contributed by atoms with Crippen LogP contribution in [0.15, 0.2) is 41.0 Å². The van der Waals surface area contributed by atoms with Crippen molar-refractivity contribution in [1.82, 2.24) is 5.32 Å². The van der Waals surface area contributed by atoms with E-state index in [1.54, 1.807) is 26.0 Å². The largest absolute Gasteiger partial charge is 0.459 e. The molecule has 0 fully saturated rings. The molecule has 0 bridgehead atoms. The summed E-state index contributed by atoms with van der Waals surface area (Å²) in [5.74, 6) is -1.79. The Kier molecular flexibility index (Phi) is 6.98. The fourth-order valence-electron chi connectivity index (χ4n) is 2.61. The molecule has 2 rings (SSSR count). The minimum Gasteiger partial charge on any atom is -0.459 e. The molecule has 7 nitrogen and oxygen atoms in total. The number of nitrogens with one attached hydrogen (secondary N) is 2. The van der Waals surface area contributed by atoms with Gasteiger partial charge in [0.05, 0.1) is 6.26 Å². The molecule has 0 unspecified atom stereocenters. The van der Waals surface area contributed by atoms with Crippen LogP contribution in [0.25, 0.3) is 0 Å². The molecular formula is C21H26N2O5. The molecule has 2 aromatic rings. The molecule has 2 atom stereocenters. The lowest BCUT2D eigenvalue weighted by Crippen LogP contribution is -2.47. The summed E-state index contributed by atoms with van der Waals surface area (Å²) in [5.41, 5.74) is 2.66. The minimum absolute atomic E-state index is 0.0964. The molecule has 2 N–H and O–H groups in total. The predicted octanol–water partition coefficient (Wildman–Crippen LogP) is 3.22. The first-order valence-corrected chi connectivity index (χ1v) is 9.12. The number of ether oxygens (including phenoxy) is 1. The van der Waals surface area contributed by atoms with E-state index in [4.69, 9.17) is 9.15 Å². The maximum atomic E-state index is 12.5. The third-order valence-electron chi connectivity index (χ3n) is 4.25. The number of anilines is 1. The molecule has 150 valence electrons. The van der Waals surface area contributed by atoms with Crippen molar-refractivity contribution in [3.63, 3.8) is 0 Å². The van der Waals surface area contributed by atoms with Gasteiger partial charge in [-0.2, -0.15) is 0 Å². The van der Waals surface area contributed by atoms with Crippen LogP contribution in [0.1, 0.15) is 42.5 Å². The fraction of sp³-hybridized carbons (Fsp3) is 0.381. The molecular weight excluding hydrogens is 360 g/mol. The summed E-state index contributed by atoms with van der Waals surface area (Å²) in [4.78, 5) is 37.1. The van der Waals surface area contributed by atoms with Gasteiger partial charge >= 0.3 is 5.97 Å². The van der Waals surface area contributed by atoms with Crippen LogP contribution in [-0.4, -0.2) is 29.9 Å². The van der Waals surface area contributed by atoms with Gasteiger partial charge in [0, 0.05) is 5.69 Å². The first kappa shape index (κ1) is 21.2. The molecule has 0 saturated carbocycles. The zero-order chi connectivity index (χ0) is 20.8. The first-order chi connectivity index (χ1) is 13.2. The zero-order valence-electron chi connectivity index (χ0n) is 16.7. The number of carbonyl (C=O) groups is 3. The maximum absolute atomic E-state index is 12.5. The lowest BCUT2D eigenvalue weighted by Gasteiger charge is -2.22. The van der Waals surface area contributed by atoms with Crippen molar-refractivity contribution in [2.45, 2.75) is 46.8 Å². The average molecular weight is 386 g/mol. The average Bonchev–Trinajstić information content (AvgIpc) is 3.16. The lowest BCUT2D eigenvalue weighted by molar-refractivity contribution is -0.156. The van der Waals surface area contributed by atoms with Crippen LogP contribution in [0.4, 0.5) is 5.69 Å². The summed E-state index contributed by atoms with van der Waals surface area (Å²) >= 11 is 0. The van der Waals surface area contributed by atoms with Crippen LogP contribution in [-0.2, 0) is 14.3 Å². The van der Waals surface area contributed by atoms with Gasteiger partial charge < -0.3 is 19.8 Å². The van der Waals surface area contributed by atoms with Crippen molar-refractivity contribution in [2.24, 2.45) is 5.92 Å². The van der Waals surface area contributed by atoms with E-state index in [0.717, 1.165) is 11.1 Å². The predicted molar refractivity (Wildman–Crippen MR) is 105 cm³/mol. The maximum Gasteiger partial charge on any atom is 0.329 e. The van der Waals surface area contributed by atoms with E-state index < -0.39 is 29.9 Å². The SMILES string of the molecule is Cc1ccc(NC(=O)[C@@H](C)OC(=O)[C@@H](NC(=O)c2ccco2)C(C)C)c(C)c1. The lowest BCUT2D eigenvalue weighted by atomic mass is 10.0. The van der Waals surface area contributed by atoms with Gasteiger partial charge in [-0.25, -0.2) is 4.79 Å². The van der Waals surface area contributed by atoms with Crippen molar-refractivity contribution >= 4 is 23.5 Å². The van der Waals surface area contributed by atoms with E-state index in [-0.39, 0.29) is 11.7 Å². The number of amides is 2. The van der Waals surface area contributed by atoms with Crippen LogP contribution in [0.3, 0.4) is 0 Å². The van der Waals surface area contributed by atoms with E-state index in [1.807, 2.05) is 26.0 Å². The molecule has 1 aromatic heterocycles. The Labute approximate surface area is 164 Å². The second-order valence-corrected chi connectivity index (χ2v) is 7.06. The summed E-state index contributed by atoms with van der Waals surface area (Å²) in [6.07, 6.45) is 0.354. The molecule has 0 aliphatic carbocycles. The molecule has 1 heterocycles. The highest BCUT2D eigenvalue weighted by molar-refractivity contribution is 5.97. The number of aryl methyl sites for hydroxylation is 2. The van der Waals surface area contributed by atoms with Crippen molar-refractivity contribution in [1.29, 1.82) is 0 Å². The van der Waals surface area contributed by atoms with Crippen molar-refractivity contribution in [3.05, 3.63) is 53.5 Å². The van der Waals surface area contributed by atoms with Crippen molar-refractivity contribution in [3.8, 4) is 0 Å². The van der Waals surface area contributed by atoms with Gasteiger partial charge in [-0.05, 0) is 50.5 Å². The number of esters is 1. The highest BCUT2D eigenvalue weighted by atomic mass is 16.5. The van der Waals surface area contributed by atoms with Gasteiger partial charge in [-0.3, -0.25) is 9.59 Å². The van der Waals surface area contributed by atoms with Gasteiger partial charge in [-0.1, -0.05) is 31.5 Å². The summed E-state index contributed by atoms with van der Waals surface area (Å²) in [7, 11) is 0. The molecule has 0 radical (unpaired) electrons. The van der Waals surface area contributed by atoms with Crippen LogP contribution >= 0.6 is 0 Å².